The molecule has 1 aliphatic rings. The van der Waals surface area contributed by atoms with E-state index in [1.807, 2.05) is 30.3 Å². The minimum Gasteiger partial charge on any atom is -0.369 e. The molecule has 2 amide bonds. The molecule has 1 aromatic carbocycles. The molecule has 1 saturated heterocycles. The number of likely N-dealkylation sites (tertiary alicyclic amines) is 1. The smallest absolute Gasteiger partial charge is 0.246 e. The Balaban J connectivity index is 1.59. The Kier molecular flexibility index (Phi) is 5.11. The number of carbonyl (C=O) groups is 2. The first-order chi connectivity index (χ1) is 11.6. The number of hydrogen-bond acceptors (Lipinski definition) is 3. The van der Waals surface area contributed by atoms with Crippen molar-refractivity contribution in [3.05, 3.63) is 53.4 Å². The maximum absolute atomic E-state index is 12.3. The number of primary amides is 1. The van der Waals surface area contributed by atoms with Crippen LogP contribution in [-0.4, -0.2) is 29.8 Å². The van der Waals surface area contributed by atoms with Gasteiger partial charge in [-0.1, -0.05) is 30.3 Å². The normalized spacial score (nSPS) is 15.8. The van der Waals surface area contributed by atoms with Crippen molar-refractivity contribution in [3.8, 4) is 10.4 Å². The fraction of sp³-hybridized carbons (Fsp3) is 0.263. The quantitative estimate of drug-likeness (QED) is 0.869. The van der Waals surface area contributed by atoms with Crippen molar-refractivity contribution in [3.63, 3.8) is 0 Å². The summed E-state index contributed by atoms with van der Waals surface area (Å²) in [4.78, 5) is 27.4. The Morgan fingerprint density at radius 1 is 1.08 bits per heavy atom. The number of carbonyl (C=O) groups excluding carboxylic acids is 2. The van der Waals surface area contributed by atoms with Gasteiger partial charge in [0.1, 0.15) is 0 Å². The molecule has 5 heteroatoms. The number of piperidine rings is 1. The number of amides is 2. The van der Waals surface area contributed by atoms with Crippen LogP contribution in [0.3, 0.4) is 0 Å². The predicted octanol–water partition coefficient (Wildman–Crippen LogP) is 3.15. The molecule has 1 fully saturated rings. The van der Waals surface area contributed by atoms with Crippen molar-refractivity contribution in [1.82, 2.24) is 4.90 Å². The van der Waals surface area contributed by atoms with Gasteiger partial charge in [-0.2, -0.15) is 0 Å². The summed E-state index contributed by atoms with van der Waals surface area (Å²) in [6.07, 6.45) is 4.79. The van der Waals surface area contributed by atoms with Crippen molar-refractivity contribution in [1.29, 1.82) is 0 Å². The topological polar surface area (TPSA) is 63.4 Å². The molecule has 2 N–H and O–H groups in total. The summed E-state index contributed by atoms with van der Waals surface area (Å²) in [5.41, 5.74) is 6.50. The van der Waals surface area contributed by atoms with Crippen LogP contribution in [0, 0.1) is 5.92 Å². The Labute approximate surface area is 145 Å². The van der Waals surface area contributed by atoms with Gasteiger partial charge < -0.3 is 10.6 Å². The lowest BCUT2D eigenvalue weighted by molar-refractivity contribution is -0.130. The second-order valence-corrected chi connectivity index (χ2v) is 7.02. The van der Waals surface area contributed by atoms with Crippen LogP contribution in [-0.2, 0) is 9.59 Å². The second kappa shape index (κ2) is 7.45. The van der Waals surface area contributed by atoms with Gasteiger partial charge in [0.15, 0.2) is 0 Å². The van der Waals surface area contributed by atoms with Gasteiger partial charge in [-0.15, -0.1) is 11.3 Å². The Morgan fingerprint density at radius 3 is 2.46 bits per heavy atom. The average molecular weight is 340 g/mol. The highest BCUT2D eigenvalue weighted by Crippen LogP contribution is 2.28. The van der Waals surface area contributed by atoms with Crippen LogP contribution in [0.25, 0.3) is 16.5 Å². The van der Waals surface area contributed by atoms with Gasteiger partial charge >= 0.3 is 0 Å². The molecule has 1 aromatic heterocycles. The summed E-state index contributed by atoms with van der Waals surface area (Å²) < 4.78 is 0. The summed E-state index contributed by atoms with van der Waals surface area (Å²) in [7, 11) is 0. The number of nitrogens with zero attached hydrogens (tertiary/aromatic N) is 1. The maximum Gasteiger partial charge on any atom is 0.246 e. The largest absolute Gasteiger partial charge is 0.369 e. The lowest BCUT2D eigenvalue weighted by atomic mass is 9.96. The molecule has 2 aromatic rings. The van der Waals surface area contributed by atoms with E-state index in [-0.39, 0.29) is 17.7 Å². The first-order valence-corrected chi connectivity index (χ1v) is 8.86. The second-order valence-electron chi connectivity index (χ2n) is 5.90. The van der Waals surface area contributed by atoms with Crippen molar-refractivity contribution >= 4 is 29.2 Å². The highest BCUT2D eigenvalue weighted by atomic mass is 32.1. The summed E-state index contributed by atoms with van der Waals surface area (Å²) in [5.74, 6) is -0.360. The molecule has 4 nitrogen and oxygen atoms in total. The standard InChI is InChI=1S/C19H20N2O2S/c20-19(23)15-10-12-21(13-11-15)18(22)9-7-16-6-8-17(24-16)14-4-2-1-3-5-14/h1-9,15H,10-13H2,(H2,20,23). The number of benzene rings is 1. The molecule has 24 heavy (non-hydrogen) atoms. The van der Waals surface area contributed by atoms with E-state index in [1.54, 1.807) is 22.3 Å². The van der Waals surface area contributed by atoms with Gasteiger partial charge in [-0.3, -0.25) is 9.59 Å². The highest BCUT2D eigenvalue weighted by molar-refractivity contribution is 7.16. The molecule has 0 bridgehead atoms. The van der Waals surface area contributed by atoms with E-state index in [0.29, 0.717) is 25.9 Å². The fourth-order valence-electron chi connectivity index (χ4n) is 2.84. The predicted molar refractivity (Wildman–Crippen MR) is 97.3 cm³/mol. The van der Waals surface area contributed by atoms with E-state index in [9.17, 15) is 9.59 Å². The third-order valence-corrected chi connectivity index (χ3v) is 5.38. The van der Waals surface area contributed by atoms with Gasteiger partial charge in [0.2, 0.25) is 11.8 Å². The lowest BCUT2D eigenvalue weighted by Crippen LogP contribution is -2.41. The maximum atomic E-state index is 12.3. The Hall–Kier alpha value is -2.40. The molecule has 0 unspecified atom stereocenters. The Bertz CT molecular complexity index is 744. The molecule has 0 aliphatic carbocycles. The number of thiophene rings is 1. The zero-order valence-corrected chi connectivity index (χ0v) is 14.2. The van der Waals surface area contributed by atoms with E-state index in [4.69, 9.17) is 5.73 Å². The lowest BCUT2D eigenvalue weighted by Gasteiger charge is -2.29. The first-order valence-electron chi connectivity index (χ1n) is 8.05. The number of nitrogens with two attached hydrogens (primary N) is 1. The van der Waals surface area contributed by atoms with Crippen LogP contribution in [0.4, 0.5) is 0 Å². The molecule has 0 saturated carbocycles. The van der Waals surface area contributed by atoms with Crippen LogP contribution in [0.2, 0.25) is 0 Å². The van der Waals surface area contributed by atoms with Gasteiger partial charge in [0, 0.05) is 34.8 Å². The average Bonchev–Trinajstić information content (AvgIpc) is 3.09. The molecule has 0 spiro atoms. The summed E-state index contributed by atoms with van der Waals surface area (Å²) in [6, 6.07) is 14.3. The summed E-state index contributed by atoms with van der Waals surface area (Å²) in [6.45, 7) is 1.19. The highest BCUT2D eigenvalue weighted by Gasteiger charge is 2.24. The molecular weight excluding hydrogens is 320 g/mol. The van der Waals surface area contributed by atoms with E-state index >= 15 is 0 Å². The molecule has 3 rings (SSSR count). The third-order valence-electron chi connectivity index (χ3n) is 4.28. The van der Waals surface area contributed by atoms with Crippen molar-refractivity contribution in [2.45, 2.75) is 12.8 Å². The van der Waals surface area contributed by atoms with Gasteiger partial charge in [-0.05, 0) is 36.6 Å². The van der Waals surface area contributed by atoms with Crippen LogP contribution in [0.15, 0.2) is 48.5 Å². The van der Waals surface area contributed by atoms with Gasteiger partial charge in [-0.25, -0.2) is 0 Å². The van der Waals surface area contributed by atoms with Gasteiger partial charge in [0.25, 0.3) is 0 Å². The van der Waals surface area contributed by atoms with E-state index in [2.05, 4.69) is 18.2 Å². The molecule has 124 valence electrons. The van der Waals surface area contributed by atoms with Crippen LogP contribution < -0.4 is 5.73 Å². The summed E-state index contributed by atoms with van der Waals surface area (Å²) in [5, 5.41) is 0. The zero-order chi connectivity index (χ0) is 16.9. The van der Waals surface area contributed by atoms with E-state index < -0.39 is 0 Å². The van der Waals surface area contributed by atoms with Gasteiger partial charge in [0.05, 0.1) is 0 Å². The minimum absolute atomic E-state index is 0.00687. The van der Waals surface area contributed by atoms with Crippen molar-refractivity contribution in [2.75, 3.05) is 13.1 Å². The van der Waals surface area contributed by atoms with E-state index in [0.717, 1.165) is 4.88 Å². The molecule has 2 heterocycles. The first kappa shape index (κ1) is 16.5. The fourth-order valence-corrected chi connectivity index (χ4v) is 3.76. The minimum atomic E-state index is -0.260. The summed E-state index contributed by atoms with van der Waals surface area (Å²) >= 11 is 1.66. The van der Waals surface area contributed by atoms with Crippen LogP contribution in [0.1, 0.15) is 17.7 Å². The van der Waals surface area contributed by atoms with Crippen molar-refractivity contribution in [2.24, 2.45) is 11.7 Å². The Morgan fingerprint density at radius 2 is 1.79 bits per heavy atom. The molecule has 0 atom stereocenters. The number of hydrogen-bond donors (Lipinski definition) is 1. The van der Waals surface area contributed by atoms with Crippen LogP contribution in [0.5, 0.6) is 0 Å². The zero-order valence-electron chi connectivity index (χ0n) is 13.4. The monoisotopic (exact) mass is 340 g/mol. The van der Waals surface area contributed by atoms with Crippen LogP contribution >= 0.6 is 11.3 Å². The van der Waals surface area contributed by atoms with E-state index in [1.165, 1.54) is 10.4 Å². The number of rotatable bonds is 4. The van der Waals surface area contributed by atoms with Crippen molar-refractivity contribution < 1.29 is 9.59 Å². The molecular formula is C19H20N2O2S. The molecule has 0 radical (unpaired) electrons. The third kappa shape index (κ3) is 3.92. The molecule has 1 aliphatic heterocycles. The SMILES string of the molecule is NC(=O)C1CCN(C(=O)C=Cc2ccc(-c3ccccc3)s2)CC1.